The number of nitrogens with zero attached hydrogens (tertiary/aromatic N) is 4. The highest BCUT2D eigenvalue weighted by molar-refractivity contribution is 7.80. The Bertz CT molecular complexity index is 1270. The summed E-state index contributed by atoms with van der Waals surface area (Å²) in [5.74, 6) is 1.89. The highest BCUT2D eigenvalue weighted by Gasteiger charge is 2.30. The van der Waals surface area contributed by atoms with Gasteiger partial charge in [0.25, 0.3) is 5.56 Å². The van der Waals surface area contributed by atoms with Crippen LogP contribution >= 0.6 is 12.6 Å². The fraction of sp³-hybridized carbons (Fsp3) is 0.444. The van der Waals surface area contributed by atoms with Gasteiger partial charge in [0.1, 0.15) is 17.7 Å². The number of likely N-dealkylation sites (tertiary alicyclic amines) is 2. The van der Waals surface area contributed by atoms with Crippen LogP contribution < -0.4 is 10.3 Å². The van der Waals surface area contributed by atoms with Crippen LogP contribution in [-0.2, 0) is 4.79 Å². The van der Waals surface area contributed by atoms with E-state index in [1.54, 1.807) is 10.6 Å². The SMILES string of the molecule is Cc1nc2ccc(S)cc2c(=O)n1-c1ccc(OC2CCN(C(=O)C3CCN(C)CC3)CC2)cc1. The largest absolute Gasteiger partial charge is 0.490 e. The average molecular weight is 493 g/mol. The van der Waals surface area contributed by atoms with E-state index < -0.39 is 0 Å². The van der Waals surface area contributed by atoms with Crippen molar-refractivity contribution in [2.75, 3.05) is 33.2 Å². The first-order valence-electron chi connectivity index (χ1n) is 12.4. The summed E-state index contributed by atoms with van der Waals surface area (Å²) in [5.41, 5.74) is 1.30. The summed E-state index contributed by atoms with van der Waals surface area (Å²) in [6.07, 6.45) is 3.67. The molecule has 1 amide bonds. The first kappa shape index (κ1) is 23.9. The maximum absolute atomic E-state index is 13.1. The molecule has 2 saturated heterocycles. The topological polar surface area (TPSA) is 67.7 Å². The Morgan fingerprint density at radius 3 is 2.37 bits per heavy atom. The highest BCUT2D eigenvalue weighted by atomic mass is 32.1. The molecule has 0 bridgehead atoms. The van der Waals surface area contributed by atoms with E-state index in [0.717, 1.165) is 68.2 Å². The summed E-state index contributed by atoms with van der Waals surface area (Å²) >= 11 is 4.36. The normalized spacial score (nSPS) is 18.2. The Hall–Kier alpha value is -2.84. The second-order valence-electron chi connectivity index (χ2n) is 9.71. The fourth-order valence-electron chi connectivity index (χ4n) is 5.16. The number of aromatic nitrogens is 2. The van der Waals surface area contributed by atoms with Crippen LogP contribution in [0.1, 0.15) is 31.5 Å². The van der Waals surface area contributed by atoms with Crippen molar-refractivity contribution < 1.29 is 9.53 Å². The number of carbonyl (C=O) groups is 1. The Kier molecular flexibility index (Phi) is 6.84. The molecule has 35 heavy (non-hydrogen) atoms. The van der Waals surface area contributed by atoms with Crippen molar-refractivity contribution in [2.24, 2.45) is 5.92 Å². The first-order chi connectivity index (χ1) is 16.9. The quantitative estimate of drug-likeness (QED) is 0.563. The van der Waals surface area contributed by atoms with Gasteiger partial charge in [-0.05, 0) is 82.4 Å². The third-order valence-corrected chi connectivity index (χ3v) is 7.52. The number of piperidine rings is 2. The molecule has 2 aromatic carbocycles. The number of fused-ring (bicyclic) bond motifs is 1. The zero-order valence-electron chi connectivity index (χ0n) is 20.3. The predicted octanol–water partition coefficient (Wildman–Crippen LogP) is 3.69. The molecule has 184 valence electrons. The third kappa shape index (κ3) is 5.09. The van der Waals surface area contributed by atoms with E-state index in [1.807, 2.05) is 48.2 Å². The Labute approximate surface area is 211 Å². The van der Waals surface area contributed by atoms with Crippen LogP contribution in [-0.4, -0.2) is 64.6 Å². The molecule has 2 fully saturated rings. The molecule has 2 aliphatic heterocycles. The molecule has 3 heterocycles. The van der Waals surface area contributed by atoms with Gasteiger partial charge in [0.2, 0.25) is 5.91 Å². The van der Waals surface area contributed by atoms with E-state index >= 15 is 0 Å². The van der Waals surface area contributed by atoms with Crippen LogP contribution in [0.2, 0.25) is 0 Å². The monoisotopic (exact) mass is 492 g/mol. The lowest BCUT2D eigenvalue weighted by atomic mass is 9.94. The zero-order valence-corrected chi connectivity index (χ0v) is 21.2. The molecule has 0 N–H and O–H groups in total. The number of rotatable bonds is 4. The molecule has 0 aliphatic carbocycles. The molecule has 0 atom stereocenters. The average Bonchev–Trinajstić information content (AvgIpc) is 2.86. The summed E-state index contributed by atoms with van der Waals surface area (Å²) in [5, 5.41) is 0.546. The van der Waals surface area contributed by atoms with Crippen molar-refractivity contribution >= 4 is 29.4 Å². The molecule has 0 radical (unpaired) electrons. The van der Waals surface area contributed by atoms with Crippen molar-refractivity contribution in [3.8, 4) is 11.4 Å². The number of ether oxygens (including phenoxy) is 1. The molecule has 7 nitrogen and oxygen atoms in total. The molecule has 2 aliphatic rings. The van der Waals surface area contributed by atoms with E-state index in [-0.39, 0.29) is 17.6 Å². The molecule has 3 aromatic rings. The van der Waals surface area contributed by atoms with Crippen molar-refractivity contribution in [1.82, 2.24) is 19.4 Å². The van der Waals surface area contributed by atoms with Gasteiger partial charge in [-0.3, -0.25) is 14.2 Å². The Balaban J connectivity index is 1.22. The first-order valence-corrected chi connectivity index (χ1v) is 12.8. The van der Waals surface area contributed by atoms with Gasteiger partial charge < -0.3 is 14.5 Å². The van der Waals surface area contributed by atoms with Crippen molar-refractivity contribution in [3.63, 3.8) is 0 Å². The molecule has 8 heteroatoms. The van der Waals surface area contributed by atoms with Crippen LogP contribution in [0.3, 0.4) is 0 Å². The van der Waals surface area contributed by atoms with Crippen molar-refractivity contribution in [1.29, 1.82) is 0 Å². The Morgan fingerprint density at radius 2 is 1.69 bits per heavy atom. The van der Waals surface area contributed by atoms with E-state index in [0.29, 0.717) is 22.6 Å². The molecule has 0 saturated carbocycles. The van der Waals surface area contributed by atoms with Gasteiger partial charge in [-0.15, -0.1) is 12.6 Å². The number of amides is 1. The Morgan fingerprint density at radius 1 is 1.00 bits per heavy atom. The van der Waals surface area contributed by atoms with Crippen LogP contribution in [0.4, 0.5) is 0 Å². The number of aryl methyl sites for hydroxylation is 1. The van der Waals surface area contributed by atoms with Crippen LogP contribution in [0.15, 0.2) is 52.2 Å². The third-order valence-electron chi connectivity index (χ3n) is 7.24. The van der Waals surface area contributed by atoms with Gasteiger partial charge in [-0.25, -0.2) is 4.98 Å². The summed E-state index contributed by atoms with van der Waals surface area (Å²) in [7, 11) is 2.12. The van der Waals surface area contributed by atoms with E-state index in [2.05, 4.69) is 29.6 Å². The molecule has 5 rings (SSSR count). The van der Waals surface area contributed by atoms with Crippen LogP contribution in [0.25, 0.3) is 16.6 Å². The molecule has 0 unspecified atom stereocenters. The van der Waals surface area contributed by atoms with Gasteiger partial charge in [0.05, 0.1) is 16.6 Å². The lowest BCUT2D eigenvalue weighted by Gasteiger charge is -2.36. The summed E-state index contributed by atoms with van der Waals surface area (Å²) < 4.78 is 7.84. The van der Waals surface area contributed by atoms with Crippen LogP contribution in [0, 0.1) is 12.8 Å². The number of thiol groups is 1. The van der Waals surface area contributed by atoms with E-state index in [9.17, 15) is 9.59 Å². The minimum atomic E-state index is -0.112. The smallest absolute Gasteiger partial charge is 0.265 e. The fourth-order valence-corrected chi connectivity index (χ4v) is 5.37. The lowest BCUT2D eigenvalue weighted by molar-refractivity contribution is -0.138. The van der Waals surface area contributed by atoms with Crippen molar-refractivity contribution in [3.05, 3.63) is 58.6 Å². The number of benzene rings is 2. The minimum absolute atomic E-state index is 0.0861. The summed E-state index contributed by atoms with van der Waals surface area (Å²) in [6, 6.07) is 13.0. The molecule has 1 aromatic heterocycles. The van der Waals surface area contributed by atoms with Gasteiger partial charge in [0.15, 0.2) is 0 Å². The predicted molar refractivity (Wildman–Crippen MR) is 140 cm³/mol. The van der Waals surface area contributed by atoms with Crippen molar-refractivity contribution in [2.45, 2.75) is 43.6 Å². The van der Waals surface area contributed by atoms with Gasteiger partial charge >= 0.3 is 0 Å². The number of hydrogen-bond acceptors (Lipinski definition) is 6. The molecular weight excluding hydrogens is 460 g/mol. The highest BCUT2D eigenvalue weighted by Crippen LogP contribution is 2.24. The second kappa shape index (κ2) is 10.0. The van der Waals surface area contributed by atoms with Crippen LogP contribution in [0.5, 0.6) is 5.75 Å². The maximum Gasteiger partial charge on any atom is 0.265 e. The molecular formula is C27H32N4O3S. The van der Waals surface area contributed by atoms with E-state index in [4.69, 9.17) is 4.74 Å². The lowest BCUT2D eigenvalue weighted by Crippen LogP contribution is -2.46. The standard InChI is InChI=1S/C27H32N4O3S/c1-18-28-25-8-7-23(35)17-24(25)27(33)31(18)20-3-5-21(6-4-20)34-22-11-15-30(16-12-22)26(32)19-9-13-29(2)14-10-19/h3-8,17,19,22,35H,9-16H2,1-2H3. The van der Waals surface area contributed by atoms with Gasteiger partial charge in [-0.1, -0.05) is 0 Å². The van der Waals surface area contributed by atoms with Gasteiger partial charge in [-0.2, -0.15) is 0 Å². The van der Waals surface area contributed by atoms with E-state index in [1.165, 1.54) is 0 Å². The number of carbonyl (C=O) groups excluding carboxylic acids is 1. The summed E-state index contributed by atoms with van der Waals surface area (Å²) in [6.45, 7) is 5.34. The minimum Gasteiger partial charge on any atom is -0.490 e. The summed E-state index contributed by atoms with van der Waals surface area (Å²) in [4.78, 5) is 35.7. The second-order valence-corrected chi connectivity index (χ2v) is 10.2. The van der Waals surface area contributed by atoms with Gasteiger partial charge in [0, 0.05) is 36.7 Å². The zero-order chi connectivity index (χ0) is 24.5. The number of hydrogen-bond donors (Lipinski definition) is 1. The molecule has 0 spiro atoms. The maximum atomic E-state index is 13.1.